The van der Waals surface area contributed by atoms with Gasteiger partial charge in [-0.15, -0.1) is 0 Å². The molecule has 0 saturated heterocycles. The molecule has 8 amide bonds. The van der Waals surface area contributed by atoms with Gasteiger partial charge in [-0.05, 0) is 35.5 Å². The molecule has 8 rings (SSSR count). The van der Waals surface area contributed by atoms with Gasteiger partial charge in [-0.3, -0.25) is 67.5 Å². The maximum Gasteiger partial charge on any atom is 2.00 e. The number of halogens is 16. The van der Waals surface area contributed by atoms with Crippen molar-refractivity contribution in [2.75, 3.05) is 13.2 Å². The van der Waals surface area contributed by atoms with E-state index in [1.807, 2.05) is 0 Å². The summed E-state index contributed by atoms with van der Waals surface area (Å²) in [5.74, 6) is -13.9. The van der Waals surface area contributed by atoms with Gasteiger partial charge in [0.05, 0.1) is 186 Å². The number of nitrogens with zero attached hydrogens (tertiary/aromatic N) is 4. The molecule has 4 aliphatic rings. The molecule has 4 heterocycles. The van der Waals surface area contributed by atoms with Crippen LogP contribution in [0.3, 0.4) is 0 Å². The van der Waals surface area contributed by atoms with Gasteiger partial charge in [0, 0.05) is 13.8 Å². The molecule has 0 bridgehead atoms. The average Bonchev–Trinajstić information content (AvgIpc) is 1.60. The molecule has 4 atom stereocenters. The van der Waals surface area contributed by atoms with E-state index in [1.165, 1.54) is 13.8 Å². The first-order valence-electron chi connectivity index (χ1n) is 29.2. The molecule has 582 valence electrons. The molecule has 0 spiro atoms. The summed E-state index contributed by atoms with van der Waals surface area (Å²) in [6, 6.07) is -6.06. The van der Waals surface area contributed by atoms with Crippen LogP contribution in [0.1, 0.15) is 194 Å². The summed E-state index contributed by atoms with van der Waals surface area (Å²) in [5.41, 5.74) is -5.96. The number of ether oxygens (including phenoxy) is 2. The maximum absolute atomic E-state index is 12.6. The van der Waals surface area contributed by atoms with E-state index in [0.29, 0.717) is 32.8 Å². The number of aliphatic carboxylic acids is 4. The summed E-state index contributed by atoms with van der Waals surface area (Å²) in [6.45, 7) is 26.0. The van der Waals surface area contributed by atoms with Crippen LogP contribution in [0.4, 0.5) is 0 Å². The van der Waals surface area contributed by atoms with E-state index in [2.05, 4.69) is 9.47 Å². The molecular formula is C64H56Cl16N4O20Rh2. The summed E-state index contributed by atoms with van der Waals surface area (Å²) < 4.78 is 8.81. The van der Waals surface area contributed by atoms with Gasteiger partial charge in [-0.25, -0.2) is 0 Å². The third-order valence-electron chi connectivity index (χ3n) is 14.4. The van der Waals surface area contributed by atoms with Crippen molar-refractivity contribution in [1.29, 1.82) is 0 Å². The Morgan fingerprint density at radius 1 is 0.274 bits per heavy atom. The fraction of sp³-hybridized carbons (Fsp3) is 0.406. The van der Waals surface area contributed by atoms with Gasteiger partial charge >= 0.3 is 50.9 Å². The fourth-order valence-corrected chi connectivity index (χ4v) is 14.3. The molecule has 4 aromatic rings. The van der Waals surface area contributed by atoms with E-state index in [-0.39, 0.29) is 176 Å². The molecular weight excluding hydrogens is 1920 g/mol. The zero-order valence-corrected chi connectivity index (χ0v) is 72.8. The van der Waals surface area contributed by atoms with Gasteiger partial charge in [0.15, 0.2) is 0 Å². The zero-order valence-electron chi connectivity index (χ0n) is 57.4. The van der Waals surface area contributed by atoms with Crippen molar-refractivity contribution in [2.45, 2.75) is 135 Å². The monoisotopic (exact) mass is 1970 g/mol. The minimum Gasteiger partial charge on any atom is -0.548 e. The Morgan fingerprint density at radius 2 is 0.377 bits per heavy atom. The smallest absolute Gasteiger partial charge is 0.548 e. The van der Waals surface area contributed by atoms with Crippen LogP contribution in [0.5, 0.6) is 0 Å². The average molecular weight is 1970 g/mol. The summed E-state index contributed by atoms with van der Waals surface area (Å²) in [5, 5.41) is 42.6. The van der Waals surface area contributed by atoms with Crippen LogP contribution in [-0.2, 0) is 77.2 Å². The van der Waals surface area contributed by atoms with E-state index < -0.39 is 117 Å². The summed E-state index contributed by atoms with van der Waals surface area (Å²) >= 11 is 95.2. The standard InChI is InChI=1S/4C14H11Cl4NO4.2C4H8O2.2Rh/c4*1-14(2,3)10(13(22)23)19-11(20)4-5(12(19)21)7(16)9(18)8(17)6(4)15;2*1-3-6-4(2)5;;/h4*10H,1-3H3,(H,22,23);2*3H2,1-2H3;;/q;;;;;;2*+2/p-4/t4*10-;;;;/m0000..../s1. The number of esters is 2. The number of amides is 8. The van der Waals surface area contributed by atoms with Crippen molar-refractivity contribution in [3.8, 4) is 0 Å². The molecule has 0 N–H and O–H groups in total. The van der Waals surface area contributed by atoms with Gasteiger partial charge in [-0.1, -0.05) is 269 Å². The van der Waals surface area contributed by atoms with Crippen LogP contribution in [-0.4, -0.2) is 140 Å². The fourth-order valence-electron chi connectivity index (χ4n) is 10.2. The number of hydrogen-bond acceptors (Lipinski definition) is 20. The molecule has 2 radical (unpaired) electrons. The topological polar surface area (TPSA) is 363 Å². The number of rotatable bonds is 10. The first-order valence-corrected chi connectivity index (χ1v) is 35.3. The number of fused-ring (bicyclic) bond motifs is 4. The van der Waals surface area contributed by atoms with Gasteiger partial charge in [0.25, 0.3) is 47.3 Å². The van der Waals surface area contributed by atoms with E-state index in [4.69, 9.17) is 186 Å². The van der Waals surface area contributed by atoms with Crippen molar-refractivity contribution in [2.24, 2.45) is 21.7 Å². The second kappa shape index (κ2) is 38.6. The zero-order chi connectivity index (χ0) is 81.4. The molecule has 0 unspecified atom stereocenters. The molecule has 4 aliphatic heterocycles. The third-order valence-corrected chi connectivity index (χ3v) is 21.6. The van der Waals surface area contributed by atoms with E-state index in [9.17, 15) is 87.5 Å². The number of imide groups is 4. The second-order valence-electron chi connectivity index (χ2n) is 26.1. The van der Waals surface area contributed by atoms with Crippen LogP contribution in [0.15, 0.2) is 0 Å². The van der Waals surface area contributed by atoms with Crippen molar-refractivity contribution in [3.05, 3.63) is 125 Å². The molecule has 0 saturated carbocycles. The molecule has 0 aliphatic carbocycles. The number of benzene rings is 4. The van der Waals surface area contributed by atoms with Gasteiger partial charge in [0.1, 0.15) is 0 Å². The molecule has 24 nitrogen and oxygen atoms in total. The van der Waals surface area contributed by atoms with Crippen molar-refractivity contribution in [3.63, 3.8) is 0 Å². The predicted molar refractivity (Wildman–Crippen MR) is 386 cm³/mol. The predicted octanol–water partition coefficient (Wildman–Crippen LogP) is 13.4. The van der Waals surface area contributed by atoms with Gasteiger partial charge in [0.2, 0.25) is 0 Å². The number of hydrogen-bond donors (Lipinski definition) is 0. The van der Waals surface area contributed by atoms with Crippen molar-refractivity contribution >= 4 is 269 Å². The SMILES string of the molecule is CC(C)(C)[C@H](C(=O)[O-])N1C(=O)c2c(Cl)c(Cl)c(Cl)c(Cl)c2C1=O.CC(C)(C)[C@H](C(=O)[O-])N1C(=O)c2c(Cl)c(Cl)c(Cl)c(Cl)c2C1=O.CC(C)(C)[C@H](C(=O)[O-])N1C(=O)c2c(Cl)c(Cl)c(Cl)c(Cl)c2C1=O.CC(C)(C)[C@H](C(=O)[O-])N1C(=O)c2c(Cl)c(Cl)c(Cl)c(Cl)c2C1=O.CCOC(C)=O.CCOC(C)=O.[Rh+2].[Rh+2]. The minimum absolute atomic E-state index is 0. The maximum atomic E-state index is 12.6. The van der Waals surface area contributed by atoms with Gasteiger partial charge < -0.3 is 49.1 Å². The normalized spacial score (nSPS) is 14.6. The minimum atomic E-state index is -1.57. The van der Waals surface area contributed by atoms with E-state index in [0.717, 1.165) is 0 Å². The summed E-state index contributed by atoms with van der Waals surface area (Å²) in [7, 11) is 0. The van der Waals surface area contributed by atoms with Crippen molar-refractivity contribution in [1.82, 2.24) is 19.6 Å². The Morgan fingerprint density at radius 3 is 0.434 bits per heavy atom. The van der Waals surface area contributed by atoms with Crippen LogP contribution in [0.2, 0.25) is 80.4 Å². The third kappa shape index (κ3) is 20.7. The van der Waals surface area contributed by atoms with Gasteiger partial charge in [-0.2, -0.15) is 0 Å². The summed E-state index contributed by atoms with van der Waals surface area (Å²) in [4.78, 5) is 169. The number of carbonyl (C=O) groups excluding carboxylic acids is 14. The largest absolute Gasteiger partial charge is 2.00 e. The Bertz CT molecular complexity index is 3650. The first-order chi connectivity index (χ1) is 47.2. The molecule has 4 aromatic carbocycles. The second-order valence-corrected chi connectivity index (χ2v) is 32.2. The first kappa shape index (κ1) is 100. The Kier molecular flexibility index (Phi) is 36.5. The van der Waals surface area contributed by atoms with Crippen LogP contribution in [0, 0.1) is 21.7 Å². The van der Waals surface area contributed by atoms with E-state index in [1.54, 1.807) is 96.9 Å². The molecule has 106 heavy (non-hydrogen) atoms. The molecule has 0 fully saturated rings. The quantitative estimate of drug-likeness (QED) is 0.0468. The van der Waals surface area contributed by atoms with Crippen LogP contribution >= 0.6 is 186 Å². The Labute approximate surface area is 712 Å². The number of carboxylic acids is 4. The number of carbonyl (C=O) groups is 14. The summed E-state index contributed by atoms with van der Waals surface area (Å²) in [6.07, 6.45) is 0. The Hall–Kier alpha value is -3.85. The van der Waals surface area contributed by atoms with E-state index >= 15 is 0 Å². The van der Waals surface area contributed by atoms with Crippen LogP contribution < -0.4 is 20.4 Å². The molecule has 0 aromatic heterocycles. The Balaban J connectivity index is 0.000000666. The molecule has 42 heteroatoms. The van der Waals surface area contributed by atoms with Crippen molar-refractivity contribution < 1.29 is 136 Å². The number of carboxylic acid groups (broad SMARTS) is 4. The van der Waals surface area contributed by atoms with Crippen LogP contribution in [0.25, 0.3) is 0 Å².